The molecule has 7 nitrogen and oxygen atoms in total. The smallest absolute Gasteiger partial charge is 0.234 e. The van der Waals surface area contributed by atoms with Gasteiger partial charge in [0.1, 0.15) is 11.9 Å². The van der Waals surface area contributed by atoms with Crippen molar-refractivity contribution in [3.05, 3.63) is 42.2 Å². The minimum Gasteiger partial charge on any atom is -0.497 e. The summed E-state index contributed by atoms with van der Waals surface area (Å²) < 4.78 is 11.1. The van der Waals surface area contributed by atoms with E-state index in [0.717, 1.165) is 30.0 Å². The third-order valence-electron chi connectivity index (χ3n) is 4.63. The monoisotopic (exact) mass is 370 g/mol. The predicted octanol–water partition coefficient (Wildman–Crippen LogP) is 2.16. The number of ether oxygens (including phenoxy) is 2. The fraction of sp³-hybridized carbons (Fsp3) is 0.450. The van der Waals surface area contributed by atoms with Gasteiger partial charge in [0.05, 0.1) is 26.0 Å². The molecular formula is C20H26N4O3. The first-order valence-corrected chi connectivity index (χ1v) is 9.12. The molecule has 0 radical (unpaired) electrons. The summed E-state index contributed by atoms with van der Waals surface area (Å²) in [6.45, 7) is 1.31. The average Bonchev–Trinajstić information content (AvgIpc) is 3.15. The van der Waals surface area contributed by atoms with Crippen molar-refractivity contribution in [1.82, 2.24) is 14.9 Å². The molecule has 2 aromatic rings. The normalized spacial score (nSPS) is 16.3. The topological polar surface area (TPSA) is 67.8 Å². The Labute approximate surface area is 159 Å². The molecule has 1 atom stereocenters. The number of hydrogen-bond donors (Lipinski definition) is 0. The highest BCUT2D eigenvalue weighted by Gasteiger charge is 2.27. The van der Waals surface area contributed by atoms with Crippen molar-refractivity contribution in [3.63, 3.8) is 0 Å². The quantitative estimate of drug-likeness (QED) is 0.744. The van der Waals surface area contributed by atoms with Crippen molar-refractivity contribution < 1.29 is 14.3 Å². The second kappa shape index (κ2) is 8.70. The number of anilines is 1. The number of carbonyl (C=O) groups excluding carboxylic acids is 1. The van der Waals surface area contributed by atoms with Crippen LogP contribution in [0.4, 0.5) is 5.82 Å². The van der Waals surface area contributed by atoms with Crippen molar-refractivity contribution in [2.45, 2.75) is 25.4 Å². The molecule has 1 aliphatic heterocycles. The molecule has 0 bridgehead atoms. The zero-order valence-corrected chi connectivity index (χ0v) is 16.1. The lowest BCUT2D eigenvalue weighted by atomic mass is 10.1. The van der Waals surface area contributed by atoms with Crippen LogP contribution in [0.5, 0.6) is 11.6 Å². The second-order valence-electron chi connectivity index (χ2n) is 6.83. The minimum absolute atomic E-state index is 0.0401. The van der Waals surface area contributed by atoms with Crippen LogP contribution in [-0.4, -0.2) is 61.2 Å². The molecular weight excluding hydrogens is 344 g/mol. The number of hydrogen-bond acceptors (Lipinski definition) is 6. The van der Waals surface area contributed by atoms with Crippen molar-refractivity contribution in [2.24, 2.45) is 0 Å². The van der Waals surface area contributed by atoms with Crippen LogP contribution in [0, 0.1) is 0 Å². The predicted molar refractivity (Wildman–Crippen MR) is 103 cm³/mol. The molecule has 0 saturated carbocycles. The van der Waals surface area contributed by atoms with Crippen LogP contribution in [0.2, 0.25) is 0 Å². The van der Waals surface area contributed by atoms with Crippen LogP contribution in [0.25, 0.3) is 0 Å². The molecule has 0 unspecified atom stereocenters. The first-order valence-electron chi connectivity index (χ1n) is 9.12. The molecule has 2 heterocycles. The van der Waals surface area contributed by atoms with E-state index in [4.69, 9.17) is 9.47 Å². The summed E-state index contributed by atoms with van der Waals surface area (Å²) in [5, 5.41) is 0. The van der Waals surface area contributed by atoms with E-state index >= 15 is 0 Å². The van der Waals surface area contributed by atoms with Gasteiger partial charge in [0.25, 0.3) is 0 Å². The van der Waals surface area contributed by atoms with Gasteiger partial charge in [0.2, 0.25) is 11.8 Å². The Morgan fingerprint density at radius 3 is 2.74 bits per heavy atom. The zero-order chi connectivity index (χ0) is 19.2. The zero-order valence-electron chi connectivity index (χ0n) is 16.1. The van der Waals surface area contributed by atoms with Gasteiger partial charge in [-0.25, -0.2) is 0 Å². The molecule has 1 amide bonds. The molecule has 0 aliphatic carbocycles. The number of rotatable bonds is 7. The van der Waals surface area contributed by atoms with E-state index in [0.29, 0.717) is 25.4 Å². The molecule has 1 aliphatic rings. The highest BCUT2D eigenvalue weighted by molar-refractivity contribution is 5.76. The van der Waals surface area contributed by atoms with Crippen molar-refractivity contribution in [3.8, 4) is 11.6 Å². The standard InChI is InChI=1S/C20H26N4O3/c1-23(2)18-12-21-13-19(22-18)27-17-10-11-24(14-17)20(25)9-6-15-4-7-16(26-3)8-5-15/h4-5,7-8,12-13,17H,6,9-11,14H2,1-3H3/t17-/m1/s1. The highest BCUT2D eigenvalue weighted by atomic mass is 16.5. The summed E-state index contributed by atoms with van der Waals surface area (Å²) in [6.07, 6.45) is 5.29. The average molecular weight is 370 g/mol. The maximum Gasteiger partial charge on any atom is 0.234 e. The maximum absolute atomic E-state index is 12.5. The fourth-order valence-electron chi connectivity index (χ4n) is 3.03. The maximum atomic E-state index is 12.5. The van der Waals surface area contributed by atoms with Crippen LogP contribution < -0.4 is 14.4 Å². The first-order chi connectivity index (χ1) is 13.0. The van der Waals surface area contributed by atoms with E-state index in [1.54, 1.807) is 19.5 Å². The third-order valence-corrected chi connectivity index (χ3v) is 4.63. The number of carbonyl (C=O) groups is 1. The molecule has 3 rings (SSSR count). The Kier molecular flexibility index (Phi) is 6.11. The Hall–Kier alpha value is -2.83. The Bertz CT molecular complexity index is 764. The van der Waals surface area contributed by atoms with Gasteiger partial charge in [0.15, 0.2) is 5.82 Å². The number of nitrogens with zero attached hydrogens (tertiary/aromatic N) is 4. The summed E-state index contributed by atoms with van der Waals surface area (Å²) >= 11 is 0. The summed E-state index contributed by atoms with van der Waals surface area (Å²) in [5.74, 6) is 2.23. The van der Waals surface area contributed by atoms with E-state index in [-0.39, 0.29) is 12.0 Å². The molecule has 1 saturated heterocycles. The third kappa shape index (κ3) is 5.09. The van der Waals surface area contributed by atoms with Crippen LogP contribution in [0.1, 0.15) is 18.4 Å². The lowest BCUT2D eigenvalue weighted by molar-refractivity contribution is -0.130. The van der Waals surface area contributed by atoms with Crippen molar-refractivity contribution in [2.75, 3.05) is 39.2 Å². The van der Waals surface area contributed by atoms with Gasteiger partial charge in [-0.15, -0.1) is 0 Å². The number of aromatic nitrogens is 2. The second-order valence-corrected chi connectivity index (χ2v) is 6.83. The van der Waals surface area contributed by atoms with Crippen molar-refractivity contribution in [1.29, 1.82) is 0 Å². The van der Waals surface area contributed by atoms with Gasteiger partial charge in [-0.05, 0) is 24.1 Å². The number of likely N-dealkylation sites (tertiary alicyclic amines) is 1. The van der Waals surface area contributed by atoms with E-state index in [9.17, 15) is 4.79 Å². The summed E-state index contributed by atoms with van der Waals surface area (Å²) in [4.78, 5) is 24.8. The van der Waals surface area contributed by atoms with E-state index in [2.05, 4.69) is 9.97 Å². The van der Waals surface area contributed by atoms with Gasteiger partial charge >= 0.3 is 0 Å². The lowest BCUT2D eigenvalue weighted by Crippen LogP contribution is -2.31. The number of benzene rings is 1. The van der Waals surface area contributed by atoms with Gasteiger partial charge in [-0.1, -0.05) is 12.1 Å². The number of methoxy groups -OCH3 is 1. The van der Waals surface area contributed by atoms with E-state index in [1.807, 2.05) is 48.2 Å². The van der Waals surface area contributed by atoms with Gasteiger partial charge in [-0.3, -0.25) is 9.78 Å². The largest absolute Gasteiger partial charge is 0.497 e. The molecule has 7 heteroatoms. The van der Waals surface area contributed by atoms with Crippen LogP contribution in [0.15, 0.2) is 36.7 Å². The van der Waals surface area contributed by atoms with Gasteiger partial charge in [-0.2, -0.15) is 4.98 Å². The molecule has 27 heavy (non-hydrogen) atoms. The van der Waals surface area contributed by atoms with Crippen LogP contribution >= 0.6 is 0 Å². The minimum atomic E-state index is -0.0401. The van der Waals surface area contributed by atoms with Crippen LogP contribution in [0.3, 0.4) is 0 Å². The molecule has 0 spiro atoms. The van der Waals surface area contributed by atoms with Gasteiger partial charge in [0, 0.05) is 33.5 Å². The molecule has 144 valence electrons. The molecule has 1 aromatic heterocycles. The summed E-state index contributed by atoms with van der Waals surface area (Å²) in [7, 11) is 5.46. The van der Waals surface area contributed by atoms with Gasteiger partial charge < -0.3 is 19.3 Å². The van der Waals surface area contributed by atoms with E-state index in [1.165, 1.54) is 0 Å². The lowest BCUT2D eigenvalue weighted by Gasteiger charge is -2.17. The SMILES string of the molecule is COc1ccc(CCC(=O)N2CC[C@@H](Oc3cncc(N(C)C)n3)C2)cc1. The van der Waals surface area contributed by atoms with Crippen LogP contribution in [-0.2, 0) is 11.2 Å². The molecule has 0 N–H and O–H groups in total. The number of aryl methyl sites for hydroxylation is 1. The molecule has 1 aromatic carbocycles. The molecule has 1 fully saturated rings. The van der Waals surface area contributed by atoms with E-state index < -0.39 is 0 Å². The Morgan fingerprint density at radius 1 is 1.26 bits per heavy atom. The number of amides is 1. The highest BCUT2D eigenvalue weighted by Crippen LogP contribution is 2.19. The summed E-state index contributed by atoms with van der Waals surface area (Å²) in [5.41, 5.74) is 1.13. The fourth-order valence-corrected chi connectivity index (χ4v) is 3.03. The Morgan fingerprint density at radius 2 is 2.04 bits per heavy atom. The van der Waals surface area contributed by atoms with Crippen molar-refractivity contribution >= 4 is 11.7 Å². The summed E-state index contributed by atoms with van der Waals surface area (Å²) in [6, 6.07) is 7.83. The first kappa shape index (κ1) is 18.9. The Balaban J connectivity index is 1.48.